The molecule has 1 aliphatic rings. The molecule has 2 aromatic heterocycles. The zero-order valence-electron chi connectivity index (χ0n) is 17.8. The normalized spacial score (nSPS) is 14.2. The highest BCUT2D eigenvalue weighted by molar-refractivity contribution is 5.99. The van der Waals surface area contributed by atoms with Crippen LogP contribution in [0.4, 0.5) is 10.2 Å². The quantitative estimate of drug-likeness (QED) is 0.460. The predicted molar refractivity (Wildman–Crippen MR) is 124 cm³/mol. The van der Waals surface area contributed by atoms with Gasteiger partial charge in [0.15, 0.2) is 5.82 Å². The second-order valence-corrected chi connectivity index (χ2v) is 7.93. The van der Waals surface area contributed by atoms with Crippen LogP contribution < -0.4 is 4.90 Å². The van der Waals surface area contributed by atoms with Crippen molar-refractivity contribution < 1.29 is 9.18 Å². The van der Waals surface area contributed by atoms with Crippen LogP contribution in [-0.2, 0) is 4.79 Å². The molecule has 0 bridgehead atoms. The Morgan fingerprint density at radius 1 is 1.06 bits per heavy atom. The Kier molecular flexibility index (Phi) is 5.01. The van der Waals surface area contributed by atoms with Crippen LogP contribution in [0.5, 0.6) is 0 Å². The zero-order valence-corrected chi connectivity index (χ0v) is 17.8. The number of halogens is 1. The summed E-state index contributed by atoms with van der Waals surface area (Å²) in [6.07, 6.45) is 4.37. The average Bonchev–Trinajstić information content (AvgIpc) is 2.83. The van der Waals surface area contributed by atoms with E-state index in [1.807, 2.05) is 42.2 Å². The molecule has 0 saturated carbocycles. The summed E-state index contributed by atoms with van der Waals surface area (Å²) in [5.74, 6) is 0.0926. The first-order valence-electron chi connectivity index (χ1n) is 10.5. The van der Waals surface area contributed by atoms with Gasteiger partial charge in [-0.25, -0.2) is 14.4 Å². The Bertz CT molecular complexity index is 1360. The molecule has 1 aliphatic heterocycles. The highest BCUT2D eigenvalue weighted by Crippen LogP contribution is 2.34. The number of carbonyl (C=O) groups is 1. The molecule has 4 aromatic rings. The van der Waals surface area contributed by atoms with E-state index < -0.39 is 5.82 Å². The summed E-state index contributed by atoms with van der Waals surface area (Å²) in [6, 6.07) is 11.9. The number of carbonyl (C=O) groups excluding carboxylic acids is 1. The smallest absolute Gasteiger partial charge is 0.246 e. The SMILES string of the molecule is C=CC(=O)N1CCN(c2ncnc3c(F)c(-c4cc(C)cc5ccccc45)ncc23)CC1. The third-order valence-corrected chi connectivity index (χ3v) is 5.93. The molecule has 0 radical (unpaired) electrons. The van der Waals surface area contributed by atoms with Crippen molar-refractivity contribution in [1.29, 1.82) is 0 Å². The number of nitrogens with zero attached hydrogens (tertiary/aromatic N) is 5. The zero-order chi connectivity index (χ0) is 22.2. The monoisotopic (exact) mass is 427 g/mol. The van der Waals surface area contributed by atoms with E-state index in [1.165, 1.54) is 12.4 Å². The van der Waals surface area contributed by atoms with Crippen LogP contribution in [0.2, 0.25) is 0 Å². The Morgan fingerprint density at radius 2 is 1.84 bits per heavy atom. The van der Waals surface area contributed by atoms with Crippen LogP contribution >= 0.6 is 0 Å². The van der Waals surface area contributed by atoms with Crippen molar-refractivity contribution in [2.45, 2.75) is 6.92 Å². The minimum absolute atomic E-state index is 0.0834. The number of pyridine rings is 1. The van der Waals surface area contributed by atoms with Crippen molar-refractivity contribution in [2.24, 2.45) is 0 Å². The summed E-state index contributed by atoms with van der Waals surface area (Å²) in [7, 11) is 0. The molecule has 2 aromatic carbocycles. The molecule has 7 heteroatoms. The molecule has 6 nitrogen and oxygen atoms in total. The molecular formula is C25H22FN5O. The van der Waals surface area contributed by atoms with Crippen LogP contribution in [-0.4, -0.2) is 51.9 Å². The molecule has 0 N–H and O–H groups in total. The average molecular weight is 427 g/mol. The molecule has 5 rings (SSSR count). The standard InChI is InChI=1S/C25H22FN5O/c1-3-21(32)30-8-10-31(11-9-30)25-20-14-27-23(22(26)24(20)28-15-29-25)19-13-16(2)12-17-6-4-5-7-18(17)19/h3-7,12-15H,1,8-11H2,2H3. The first-order valence-corrected chi connectivity index (χ1v) is 10.5. The largest absolute Gasteiger partial charge is 0.352 e. The molecule has 0 atom stereocenters. The van der Waals surface area contributed by atoms with Crippen molar-refractivity contribution in [1.82, 2.24) is 19.9 Å². The van der Waals surface area contributed by atoms with Crippen molar-refractivity contribution in [2.75, 3.05) is 31.1 Å². The number of fused-ring (bicyclic) bond motifs is 2. The molecule has 0 spiro atoms. The summed E-state index contributed by atoms with van der Waals surface area (Å²) < 4.78 is 15.7. The van der Waals surface area contributed by atoms with Gasteiger partial charge in [-0.15, -0.1) is 0 Å². The number of benzene rings is 2. The second-order valence-electron chi connectivity index (χ2n) is 7.93. The lowest BCUT2D eigenvalue weighted by molar-refractivity contribution is -0.126. The van der Waals surface area contributed by atoms with E-state index in [0.29, 0.717) is 37.4 Å². The number of aromatic nitrogens is 3. The van der Waals surface area contributed by atoms with Crippen molar-refractivity contribution in [3.63, 3.8) is 0 Å². The van der Waals surface area contributed by atoms with E-state index in [1.54, 1.807) is 11.1 Å². The first-order chi connectivity index (χ1) is 15.6. The van der Waals surface area contributed by atoms with Gasteiger partial charge in [0.25, 0.3) is 0 Å². The summed E-state index contributed by atoms with van der Waals surface area (Å²) in [5.41, 5.74) is 2.31. The predicted octanol–water partition coefficient (Wildman–Crippen LogP) is 4.13. The Labute approximate surface area is 185 Å². The van der Waals surface area contributed by atoms with E-state index in [4.69, 9.17) is 0 Å². The lowest BCUT2D eigenvalue weighted by Crippen LogP contribution is -2.48. The molecule has 160 valence electrons. The fourth-order valence-electron chi connectivity index (χ4n) is 4.34. The van der Waals surface area contributed by atoms with E-state index in [2.05, 4.69) is 27.6 Å². The summed E-state index contributed by atoms with van der Waals surface area (Å²) in [4.78, 5) is 28.8. The minimum atomic E-state index is -0.456. The maximum Gasteiger partial charge on any atom is 0.246 e. The van der Waals surface area contributed by atoms with E-state index in [0.717, 1.165) is 21.9 Å². The van der Waals surface area contributed by atoms with Crippen molar-refractivity contribution >= 4 is 33.4 Å². The third-order valence-electron chi connectivity index (χ3n) is 5.93. The minimum Gasteiger partial charge on any atom is -0.352 e. The van der Waals surface area contributed by atoms with Crippen LogP contribution in [0.3, 0.4) is 0 Å². The van der Waals surface area contributed by atoms with Gasteiger partial charge in [-0.3, -0.25) is 9.78 Å². The number of hydrogen-bond donors (Lipinski definition) is 0. The van der Waals surface area contributed by atoms with Gasteiger partial charge in [0.1, 0.15) is 23.4 Å². The van der Waals surface area contributed by atoms with Crippen LogP contribution in [0.25, 0.3) is 32.9 Å². The van der Waals surface area contributed by atoms with E-state index >= 15 is 4.39 Å². The lowest BCUT2D eigenvalue weighted by Gasteiger charge is -2.35. The van der Waals surface area contributed by atoms with Crippen molar-refractivity contribution in [3.05, 3.63) is 73.0 Å². The number of piperazine rings is 1. The van der Waals surface area contributed by atoms with Gasteiger partial charge < -0.3 is 9.80 Å². The molecule has 1 saturated heterocycles. The fourth-order valence-corrected chi connectivity index (χ4v) is 4.34. The number of hydrogen-bond acceptors (Lipinski definition) is 5. The van der Waals surface area contributed by atoms with E-state index in [-0.39, 0.29) is 17.1 Å². The number of amides is 1. The van der Waals surface area contributed by atoms with Crippen LogP contribution in [0.1, 0.15) is 5.56 Å². The van der Waals surface area contributed by atoms with Gasteiger partial charge in [0, 0.05) is 37.9 Å². The number of anilines is 1. The molecule has 0 unspecified atom stereocenters. The third kappa shape index (κ3) is 3.36. The Morgan fingerprint density at radius 3 is 2.62 bits per heavy atom. The molecule has 1 amide bonds. The summed E-state index contributed by atoms with van der Waals surface area (Å²) in [6.45, 7) is 7.84. The van der Waals surface area contributed by atoms with Gasteiger partial charge in [0.05, 0.1) is 5.39 Å². The van der Waals surface area contributed by atoms with Crippen molar-refractivity contribution in [3.8, 4) is 11.3 Å². The van der Waals surface area contributed by atoms with Gasteiger partial charge in [-0.05, 0) is 35.4 Å². The lowest BCUT2D eigenvalue weighted by atomic mass is 9.98. The summed E-state index contributed by atoms with van der Waals surface area (Å²) >= 11 is 0. The number of aryl methyl sites for hydroxylation is 1. The Balaban J connectivity index is 1.57. The highest BCUT2D eigenvalue weighted by atomic mass is 19.1. The number of rotatable bonds is 3. The molecule has 32 heavy (non-hydrogen) atoms. The molecule has 1 fully saturated rings. The Hall–Kier alpha value is -3.87. The maximum absolute atomic E-state index is 15.7. The van der Waals surface area contributed by atoms with Crippen LogP contribution in [0, 0.1) is 12.7 Å². The second kappa shape index (κ2) is 8.00. The molecule has 3 heterocycles. The van der Waals surface area contributed by atoms with Crippen LogP contribution in [0.15, 0.2) is 61.6 Å². The van der Waals surface area contributed by atoms with E-state index in [9.17, 15) is 4.79 Å². The van der Waals surface area contributed by atoms with Gasteiger partial charge in [-0.2, -0.15) is 0 Å². The topological polar surface area (TPSA) is 62.2 Å². The fraction of sp³-hybridized carbons (Fsp3) is 0.200. The summed E-state index contributed by atoms with van der Waals surface area (Å²) in [5, 5.41) is 2.55. The van der Waals surface area contributed by atoms with Gasteiger partial charge in [-0.1, -0.05) is 36.9 Å². The first kappa shape index (κ1) is 20.1. The molecule has 0 aliphatic carbocycles. The maximum atomic E-state index is 15.7. The van der Waals surface area contributed by atoms with Gasteiger partial charge in [0.2, 0.25) is 5.91 Å². The van der Waals surface area contributed by atoms with Gasteiger partial charge >= 0.3 is 0 Å². The molecular weight excluding hydrogens is 405 g/mol. The highest BCUT2D eigenvalue weighted by Gasteiger charge is 2.24.